The molecule has 2 aliphatic heterocycles. The molecule has 2 aliphatic rings. The third kappa shape index (κ3) is 4.18. The summed E-state index contributed by atoms with van der Waals surface area (Å²) in [5, 5.41) is 12.9. The number of hydrogen-bond acceptors (Lipinski definition) is 6. The lowest BCUT2D eigenvalue weighted by Gasteiger charge is -2.13. The molecule has 0 saturated carbocycles. The molecule has 0 fully saturated rings. The van der Waals surface area contributed by atoms with Gasteiger partial charge in [-0.25, -0.2) is 8.42 Å². The lowest BCUT2D eigenvalue weighted by molar-refractivity contribution is 0.102. The molecule has 4 rings (SSSR count). The van der Waals surface area contributed by atoms with E-state index in [1.54, 1.807) is 12.1 Å². The van der Waals surface area contributed by atoms with Gasteiger partial charge in [-0.1, -0.05) is 6.07 Å². The first kappa shape index (κ1) is 20.3. The molecule has 150 valence electrons. The second-order valence-electron chi connectivity index (χ2n) is 6.48. The van der Waals surface area contributed by atoms with Crippen LogP contribution in [0.25, 0.3) is 0 Å². The number of aromatic nitrogens is 2. The molecular weight excluding hydrogens is 404 g/mol. The van der Waals surface area contributed by atoms with E-state index in [4.69, 9.17) is 0 Å². The van der Waals surface area contributed by atoms with Gasteiger partial charge in [0.1, 0.15) is 5.84 Å². The summed E-state index contributed by atoms with van der Waals surface area (Å²) < 4.78 is 27.5. The average molecular weight is 425 g/mol. The molecule has 0 bridgehead atoms. The zero-order valence-corrected chi connectivity index (χ0v) is 16.6. The van der Waals surface area contributed by atoms with Crippen LogP contribution < -0.4 is 15.4 Å². The smallest absolute Gasteiger partial charge is 0.276 e. The number of nitrogens with one attached hydrogen (secondary N) is 4. The number of benzene rings is 1. The molecule has 11 heteroatoms. The largest absolute Gasteiger partial charge is 0.321 e. The third-order valence-corrected chi connectivity index (χ3v) is 5.93. The van der Waals surface area contributed by atoms with E-state index >= 15 is 0 Å². The lowest BCUT2D eigenvalue weighted by Crippen LogP contribution is -2.29. The number of amidine groups is 1. The molecule has 0 radical (unpaired) electrons. The summed E-state index contributed by atoms with van der Waals surface area (Å²) in [6.45, 7) is 2.06. The minimum absolute atomic E-state index is 0. The maximum atomic E-state index is 12.6. The summed E-state index contributed by atoms with van der Waals surface area (Å²) in [4.78, 5) is 16.8. The van der Waals surface area contributed by atoms with Crippen molar-refractivity contribution in [2.75, 3.05) is 18.4 Å². The van der Waals surface area contributed by atoms with Crippen LogP contribution in [-0.2, 0) is 23.0 Å². The fourth-order valence-electron chi connectivity index (χ4n) is 3.18. The van der Waals surface area contributed by atoms with E-state index in [0.29, 0.717) is 36.7 Å². The standard InChI is InChI=1S/C17H20N6O3S.ClH/c24-17(16-13-10-18-8-6-14(13)21-22-16)20-11-3-1-4-12(9-11)27(25,26)23-15-5-2-7-19-15;/h1,3-4,9,18H,2,5-8,10H2,(H,19,23)(H,20,24)(H,21,22);1H. The highest BCUT2D eigenvalue weighted by atomic mass is 35.5. The van der Waals surface area contributed by atoms with Crippen molar-refractivity contribution in [3.8, 4) is 0 Å². The van der Waals surface area contributed by atoms with Crippen molar-refractivity contribution < 1.29 is 13.2 Å². The van der Waals surface area contributed by atoms with Crippen LogP contribution in [0.1, 0.15) is 34.6 Å². The molecule has 28 heavy (non-hydrogen) atoms. The second-order valence-corrected chi connectivity index (χ2v) is 8.16. The quantitative estimate of drug-likeness (QED) is 0.586. The van der Waals surface area contributed by atoms with Gasteiger partial charge in [0, 0.05) is 49.4 Å². The van der Waals surface area contributed by atoms with Gasteiger partial charge in [0.05, 0.1) is 4.90 Å². The topological polar surface area (TPSA) is 128 Å². The molecule has 0 saturated heterocycles. The van der Waals surface area contributed by atoms with Gasteiger partial charge in [-0.05, 0) is 24.6 Å². The first-order valence-corrected chi connectivity index (χ1v) is 10.3. The third-order valence-electron chi connectivity index (χ3n) is 4.55. The normalized spacial score (nSPS) is 15.9. The maximum absolute atomic E-state index is 12.6. The van der Waals surface area contributed by atoms with Crippen molar-refractivity contribution in [3.05, 3.63) is 41.2 Å². The molecule has 3 heterocycles. The molecule has 1 aromatic carbocycles. The molecule has 1 amide bonds. The second kappa shape index (κ2) is 8.29. The monoisotopic (exact) mass is 424 g/mol. The van der Waals surface area contributed by atoms with Crippen molar-refractivity contribution >= 4 is 39.9 Å². The number of carbonyl (C=O) groups excluding carboxylic acids is 1. The Morgan fingerprint density at radius 1 is 1.21 bits per heavy atom. The number of fused-ring (bicyclic) bond motifs is 1. The van der Waals surface area contributed by atoms with Gasteiger partial charge in [-0.2, -0.15) is 5.10 Å². The Kier molecular flexibility index (Phi) is 6.01. The number of halogens is 1. The van der Waals surface area contributed by atoms with Crippen LogP contribution in [-0.4, -0.2) is 43.4 Å². The Hall–Kier alpha value is -2.43. The molecule has 0 unspecified atom stereocenters. The van der Waals surface area contributed by atoms with Crippen LogP contribution in [0.2, 0.25) is 0 Å². The van der Waals surface area contributed by atoms with E-state index < -0.39 is 10.0 Å². The molecule has 0 atom stereocenters. The molecule has 9 nitrogen and oxygen atoms in total. The number of carbonyl (C=O) groups is 1. The van der Waals surface area contributed by atoms with Crippen LogP contribution >= 0.6 is 12.4 Å². The lowest BCUT2D eigenvalue weighted by atomic mass is 10.1. The van der Waals surface area contributed by atoms with E-state index in [1.807, 2.05) is 0 Å². The number of rotatable bonds is 4. The van der Waals surface area contributed by atoms with E-state index in [0.717, 1.165) is 30.6 Å². The molecule has 0 spiro atoms. The highest BCUT2D eigenvalue weighted by molar-refractivity contribution is 7.90. The SMILES string of the molecule is Cl.O=C(Nc1cccc(S(=O)(=O)NC2=NCCC2)c1)c1n[nH]c2c1CNCC2. The van der Waals surface area contributed by atoms with Crippen LogP contribution in [0.5, 0.6) is 0 Å². The van der Waals surface area contributed by atoms with Gasteiger partial charge in [0.2, 0.25) is 0 Å². The van der Waals surface area contributed by atoms with Crippen molar-refractivity contribution in [1.29, 1.82) is 0 Å². The Morgan fingerprint density at radius 3 is 2.86 bits per heavy atom. The summed E-state index contributed by atoms with van der Waals surface area (Å²) in [6, 6.07) is 6.13. The fourth-order valence-corrected chi connectivity index (χ4v) is 4.32. The van der Waals surface area contributed by atoms with E-state index in [1.165, 1.54) is 12.1 Å². The highest BCUT2D eigenvalue weighted by Crippen LogP contribution is 2.19. The first-order chi connectivity index (χ1) is 13.0. The van der Waals surface area contributed by atoms with E-state index in [9.17, 15) is 13.2 Å². The summed E-state index contributed by atoms with van der Waals surface area (Å²) in [6.07, 6.45) is 2.25. The number of amides is 1. The van der Waals surface area contributed by atoms with Crippen molar-refractivity contribution in [1.82, 2.24) is 20.2 Å². The van der Waals surface area contributed by atoms with E-state index in [2.05, 4.69) is 30.5 Å². The first-order valence-electron chi connectivity index (χ1n) is 8.77. The predicted molar refractivity (Wildman–Crippen MR) is 107 cm³/mol. The zero-order valence-electron chi connectivity index (χ0n) is 15.0. The molecule has 1 aromatic heterocycles. The van der Waals surface area contributed by atoms with Crippen LogP contribution in [0.15, 0.2) is 34.2 Å². The Bertz CT molecular complexity index is 1020. The Labute approximate surface area is 168 Å². The number of H-pyrrole nitrogens is 1. The predicted octanol–water partition coefficient (Wildman–Crippen LogP) is 1.20. The number of anilines is 1. The van der Waals surface area contributed by atoms with Crippen molar-refractivity contribution in [2.45, 2.75) is 30.7 Å². The number of hydrogen-bond donors (Lipinski definition) is 4. The number of aromatic amines is 1. The summed E-state index contributed by atoms with van der Waals surface area (Å²) in [5.41, 5.74) is 2.51. The van der Waals surface area contributed by atoms with Gasteiger partial charge in [0.15, 0.2) is 5.69 Å². The zero-order chi connectivity index (χ0) is 18.9. The van der Waals surface area contributed by atoms with Crippen LogP contribution in [0.3, 0.4) is 0 Å². The summed E-state index contributed by atoms with van der Waals surface area (Å²) in [7, 11) is -3.73. The highest BCUT2D eigenvalue weighted by Gasteiger charge is 2.23. The summed E-state index contributed by atoms with van der Waals surface area (Å²) in [5.74, 6) is 0.0963. The minimum atomic E-state index is -3.73. The molecular formula is C17H21ClN6O3S. The minimum Gasteiger partial charge on any atom is -0.321 e. The molecule has 0 aliphatic carbocycles. The number of aliphatic imine (C=N–C) groups is 1. The number of nitrogens with zero attached hydrogens (tertiary/aromatic N) is 2. The van der Waals surface area contributed by atoms with Gasteiger partial charge in [0.25, 0.3) is 15.9 Å². The van der Waals surface area contributed by atoms with Crippen LogP contribution in [0.4, 0.5) is 5.69 Å². The van der Waals surface area contributed by atoms with Crippen molar-refractivity contribution in [2.24, 2.45) is 4.99 Å². The van der Waals surface area contributed by atoms with Crippen molar-refractivity contribution in [3.63, 3.8) is 0 Å². The molecule has 2 aromatic rings. The van der Waals surface area contributed by atoms with Crippen LogP contribution in [0, 0.1) is 0 Å². The fraction of sp³-hybridized carbons (Fsp3) is 0.353. The summed E-state index contributed by atoms with van der Waals surface area (Å²) >= 11 is 0. The Balaban J connectivity index is 0.00000225. The number of sulfonamides is 1. The van der Waals surface area contributed by atoms with E-state index in [-0.39, 0.29) is 23.2 Å². The average Bonchev–Trinajstić information content (AvgIpc) is 3.31. The van der Waals surface area contributed by atoms with Gasteiger partial charge in [-0.3, -0.25) is 19.6 Å². The van der Waals surface area contributed by atoms with Gasteiger partial charge >= 0.3 is 0 Å². The van der Waals surface area contributed by atoms with Gasteiger partial charge in [-0.15, -0.1) is 12.4 Å². The Morgan fingerprint density at radius 2 is 2.07 bits per heavy atom. The maximum Gasteiger partial charge on any atom is 0.276 e. The molecule has 4 N–H and O–H groups in total. The van der Waals surface area contributed by atoms with Gasteiger partial charge < -0.3 is 10.6 Å².